The molecule has 5 aliphatic rings. The smallest absolute Gasteiger partial charge is 0.166 e. The van der Waals surface area contributed by atoms with Crippen LogP contribution in [0, 0.1) is 5.92 Å². The van der Waals surface area contributed by atoms with Gasteiger partial charge >= 0.3 is 0 Å². The fraction of sp³-hybridized carbons (Fsp3) is 0.471. The molecule has 1 N–H and O–H groups in total. The van der Waals surface area contributed by atoms with Crippen LogP contribution in [0.1, 0.15) is 54.4 Å². The summed E-state index contributed by atoms with van der Waals surface area (Å²) in [7, 11) is 0. The first-order chi connectivity index (χ1) is 19.2. The number of hydrogen-bond acceptors (Lipinski definition) is 5. The van der Waals surface area contributed by atoms with Crippen molar-refractivity contribution in [2.24, 2.45) is 5.92 Å². The molecule has 0 radical (unpaired) electrons. The van der Waals surface area contributed by atoms with Crippen LogP contribution in [0.15, 0.2) is 72.8 Å². The van der Waals surface area contributed by atoms with Crippen molar-refractivity contribution >= 4 is 0 Å². The van der Waals surface area contributed by atoms with E-state index >= 15 is 0 Å². The summed E-state index contributed by atoms with van der Waals surface area (Å²) in [6.45, 7) is 3.16. The molecule has 5 heteroatoms. The van der Waals surface area contributed by atoms with Crippen LogP contribution in [-0.4, -0.2) is 46.9 Å². The number of benzene rings is 3. The van der Waals surface area contributed by atoms with Crippen molar-refractivity contribution < 1.29 is 19.3 Å². The van der Waals surface area contributed by atoms with Crippen LogP contribution in [0.25, 0.3) is 0 Å². The monoisotopic (exact) mass is 523 g/mol. The van der Waals surface area contributed by atoms with Crippen LogP contribution < -0.4 is 9.47 Å². The highest BCUT2D eigenvalue weighted by Crippen LogP contribution is 2.66. The number of nitrogens with zero attached hydrogens (tertiary/aromatic N) is 1. The zero-order valence-corrected chi connectivity index (χ0v) is 22.4. The van der Waals surface area contributed by atoms with Crippen molar-refractivity contribution in [3.8, 4) is 11.5 Å². The molecule has 2 aliphatic heterocycles. The first-order valence-corrected chi connectivity index (χ1v) is 14.8. The Morgan fingerprint density at radius 2 is 1.62 bits per heavy atom. The Bertz CT molecular complexity index is 1360. The number of likely N-dealkylation sites (tertiary alicyclic amines) is 1. The van der Waals surface area contributed by atoms with Gasteiger partial charge in [-0.2, -0.15) is 0 Å². The van der Waals surface area contributed by atoms with Crippen LogP contribution in [0.5, 0.6) is 11.5 Å². The molecule has 3 aromatic carbocycles. The Hall–Kier alpha value is -2.86. The molecule has 8 rings (SSSR count). The summed E-state index contributed by atoms with van der Waals surface area (Å²) in [6.07, 6.45) is 5.66. The molecule has 202 valence electrons. The van der Waals surface area contributed by atoms with E-state index in [2.05, 4.69) is 53.4 Å². The lowest BCUT2D eigenvalue weighted by Crippen LogP contribution is -2.77. The summed E-state index contributed by atoms with van der Waals surface area (Å²) in [5, 5.41) is 12.8. The van der Waals surface area contributed by atoms with Crippen LogP contribution in [0.3, 0.4) is 0 Å². The van der Waals surface area contributed by atoms with E-state index in [1.54, 1.807) is 0 Å². The quantitative estimate of drug-likeness (QED) is 0.428. The summed E-state index contributed by atoms with van der Waals surface area (Å²) in [5.41, 5.74) is 3.53. The van der Waals surface area contributed by atoms with Crippen molar-refractivity contribution in [3.63, 3.8) is 0 Å². The largest absolute Gasteiger partial charge is 0.485 e. The van der Waals surface area contributed by atoms with Crippen LogP contribution in [0.4, 0.5) is 0 Å². The third kappa shape index (κ3) is 3.70. The molecule has 2 bridgehead atoms. The Morgan fingerprint density at radius 1 is 0.872 bits per heavy atom. The van der Waals surface area contributed by atoms with E-state index in [-0.39, 0.29) is 18.2 Å². The van der Waals surface area contributed by atoms with Gasteiger partial charge in [-0.15, -0.1) is 0 Å². The van der Waals surface area contributed by atoms with Crippen molar-refractivity contribution in [1.29, 1.82) is 0 Å². The molecule has 3 fully saturated rings. The Morgan fingerprint density at radius 3 is 2.36 bits per heavy atom. The van der Waals surface area contributed by atoms with Gasteiger partial charge < -0.3 is 19.3 Å². The maximum Gasteiger partial charge on any atom is 0.166 e. The number of rotatable bonds is 8. The van der Waals surface area contributed by atoms with Gasteiger partial charge in [-0.25, -0.2) is 0 Å². The highest BCUT2D eigenvalue weighted by Gasteiger charge is 2.73. The summed E-state index contributed by atoms with van der Waals surface area (Å²) in [4.78, 5) is 2.62. The summed E-state index contributed by atoms with van der Waals surface area (Å²) < 4.78 is 20.0. The molecule has 0 amide bonds. The third-order valence-electron chi connectivity index (χ3n) is 10.2. The van der Waals surface area contributed by atoms with Crippen molar-refractivity contribution in [2.45, 2.75) is 81.0 Å². The highest BCUT2D eigenvalue weighted by atomic mass is 16.6. The SMILES string of the molecule is O[C@@]12CC[C@H](OCc3ccccc3)[C@@H]3Oc4c(OCc5ccccc5)ccc5c4[C@@]31CCN(CC1CC1)[C@@H]2C5. The number of aliphatic hydroxyl groups is 1. The van der Waals surface area contributed by atoms with E-state index in [4.69, 9.17) is 14.2 Å². The minimum absolute atomic E-state index is 0.0820. The average molecular weight is 524 g/mol. The second-order valence-electron chi connectivity index (χ2n) is 12.4. The molecule has 3 aromatic rings. The molecular formula is C34H37NO4. The molecule has 1 spiro atoms. The van der Waals surface area contributed by atoms with E-state index in [1.165, 1.54) is 29.5 Å². The van der Waals surface area contributed by atoms with Crippen LogP contribution in [0.2, 0.25) is 0 Å². The van der Waals surface area contributed by atoms with Crippen molar-refractivity contribution in [3.05, 3.63) is 95.1 Å². The second-order valence-corrected chi connectivity index (χ2v) is 12.4. The van der Waals surface area contributed by atoms with Crippen LogP contribution >= 0.6 is 0 Å². The zero-order chi connectivity index (χ0) is 26.0. The molecule has 39 heavy (non-hydrogen) atoms. The van der Waals surface area contributed by atoms with E-state index in [9.17, 15) is 5.11 Å². The number of ether oxygens (including phenoxy) is 3. The summed E-state index contributed by atoms with van der Waals surface area (Å²) >= 11 is 0. The molecule has 3 aliphatic carbocycles. The minimum atomic E-state index is -0.826. The van der Waals surface area contributed by atoms with E-state index in [1.807, 2.05) is 24.3 Å². The van der Waals surface area contributed by atoms with E-state index in [0.717, 1.165) is 61.8 Å². The van der Waals surface area contributed by atoms with Crippen LogP contribution in [-0.2, 0) is 29.8 Å². The topological polar surface area (TPSA) is 51.2 Å². The molecule has 2 saturated carbocycles. The average Bonchev–Trinajstić information content (AvgIpc) is 3.71. The normalized spacial score (nSPS) is 32.4. The Labute approximate surface area is 230 Å². The molecule has 5 atom stereocenters. The zero-order valence-electron chi connectivity index (χ0n) is 22.4. The predicted octanol–water partition coefficient (Wildman–Crippen LogP) is 5.42. The second kappa shape index (κ2) is 9.09. The fourth-order valence-electron chi connectivity index (χ4n) is 8.22. The first kappa shape index (κ1) is 24.0. The van der Waals surface area contributed by atoms with E-state index < -0.39 is 11.0 Å². The maximum absolute atomic E-state index is 12.8. The number of piperidine rings is 1. The molecule has 2 heterocycles. The minimum Gasteiger partial charge on any atom is -0.485 e. The van der Waals surface area contributed by atoms with Gasteiger partial charge in [0.05, 0.1) is 23.7 Å². The van der Waals surface area contributed by atoms with E-state index in [0.29, 0.717) is 13.2 Å². The van der Waals surface area contributed by atoms with Gasteiger partial charge in [-0.1, -0.05) is 66.7 Å². The Kier molecular flexibility index (Phi) is 5.59. The molecule has 1 saturated heterocycles. The predicted molar refractivity (Wildman–Crippen MR) is 149 cm³/mol. The summed E-state index contributed by atoms with van der Waals surface area (Å²) in [6, 6.07) is 25.1. The van der Waals surface area contributed by atoms with Gasteiger partial charge in [0.2, 0.25) is 0 Å². The lowest BCUT2D eigenvalue weighted by atomic mass is 9.48. The lowest BCUT2D eigenvalue weighted by molar-refractivity contribution is -0.217. The van der Waals surface area contributed by atoms with Gasteiger partial charge in [0.25, 0.3) is 0 Å². The highest BCUT2D eigenvalue weighted by molar-refractivity contribution is 5.63. The summed E-state index contributed by atoms with van der Waals surface area (Å²) in [5.74, 6) is 2.43. The lowest BCUT2D eigenvalue weighted by Gasteiger charge is -2.64. The number of hydrogen-bond donors (Lipinski definition) is 1. The van der Waals surface area contributed by atoms with Gasteiger partial charge in [0.1, 0.15) is 12.7 Å². The maximum atomic E-state index is 12.8. The molecule has 0 unspecified atom stereocenters. The van der Waals surface area contributed by atoms with Crippen molar-refractivity contribution in [2.75, 3.05) is 13.1 Å². The first-order valence-electron chi connectivity index (χ1n) is 14.8. The molecule has 0 aromatic heterocycles. The van der Waals surface area contributed by atoms with Gasteiger partial charge in [-0.3, -0.25) is 4.90 Å². The fourth-order valence-corrected chi connectivity index (χ4v) is 8.22. The van der Waals surface area contributed by atoms with Gasteiger partial charge in [0.15, 0.2) is 11.5 Å². The molecule has 5 nitrogen and oxygen atoms in total. The van der Waals surface area contributed by atoms with Gasteiger partial charge in [0, 0.05) is 18.2 Å². The van der Waals surface area contributed by atoms with Gasteiger partial charge in [-0.05, 0) is 73.7 Å². The molecular weight excluding hydrogens is 486 g/mol. The van der Waals surface area contributed by atoms with Crippen molar-refractivity contribution in [1.82, 2.24) is 4.90 Å². The Balaban J connectivity index is 1.18. The standard InChI is InChI=1S/C34H37NO4/c36-34-16-15-28(38-22-25-9-5-2-6-10-25)32-33(34)17-18-35(20-23-11-12-23)29(34)19-26-13-14-27(31(39-32)30(26)33)37-21-24-7-3-1-4-8-24/h1-10,13-14,23,28-29,32,36H,11-12,15-22H2/t28-,29+,32-,33-,34+/m0/s1. The third-order valence-corrected chi connectivity index (χ3v) is 10.2.